The maximum Gasteiger partial charge on any atom is 0.212 e. The second-order valence-electron chi connectivity index (χ2n) is 4.71. The number of carbonyl (C=O) groups excluding carboxylic acids is 1. The smallest absolute Gasteiger partial charge is 0.212 e. The molecule has 2 aliphatic rings. The van der Waals surface area contributed by atoms with Gasteiger partial charge in [-0.15, -0.1) is 0 Å². The summed E-state index contributed by atoms with van der Waals surface area (Å²) in [7, 11) is 0. The van der Waals surface area contributed by atoms with E-state index in [-0.39, 0.29) is 5.78 Å². The van der Waals surface area contributed by atoms with Crippen molar-refractivity contribution in [2.24, 2.45) is 4.99 Å². The van der Waals surface area contributed by atoms with Crippen molar-refractivity contribution in [3.8, 4) is 0 Å². The number of aliphatic imine (C=N–C) groups is 1. The lowest BCUT2D eigenvalue weighted by Crippen LogP contribution is -2.04. The van der Waals surface area contributed by atoms with Crippen molar-refractivity contribution in [2.75, 3.05) is 5.32 Å². The summed E-state index contributed by atoms with van der Waals surface area (Å²) in [6.07, 6.45) is 1.76. The van der Waals surface area contributed by atoms with Crippen LogP contribution in [0.1, 0.15) is 15.9 Å². The fraction of sp³-hybridized carbons (Fsp3) is 0. The maximum absolute atomic E-state index is 12.5. The van der Waals surface area contributed by atoms with Gasteiger partial charge in [0.2, 0.25) is 5.78 Å². The van der Waals surface area contributed by atoms with Gasteiger partial charge in [-0.1, -0.05) is 34.1 Å². The van der Waals surface area contributed by atoms with Gasteiger partial charge in [0, 0.05) is 33.1 Å². The lowest BCUT2D eigenvalue weighted by atomic mass is 10.0. The molecule has 0 aromatic heterocycles. The largest absolute Gasteiger partial charge is 0.351 e. The summed E-state index contributed by atoms with van der Waals surface area (Å²) in [5, 5.41) is 3.21. The first-order valence-corrected chi connectivity index (χ1v) is 7.02. The molecule has 0 saturated heterocycles. The van der Waals surface area contributed by atoms with E-state index in [4.69, 9.17) is 0 Å². The van der Waals surface area contributed by atoms with Crippen molar-refractivity contribution in [1.29, 1.82) is 0 Å². The topological polar surface area (TPSA) is 41.5 Å². The molecular weight excluding hydrogens is 316 g/mol. The van der Waals surface area contributed by atoms with Crippen LogP contribution >= 0.6 is 15.9 Å². The van der Waals surface area contributed by atoms with Crippen LogP contribution in [0.5, 0.6) is 0 Å². The number of para-hydroxylation sites is 1. The summed E-state index contributed by atoms with van der Waals surface area (Å²) in [4.78, 5) is 16.9. The number of hydrogen-bond donors (Lipinski definition) is 1. The van der Waals surface area contributed by atoms with Gasteiger partial charge < -0.3 is 5.32 Å². The summed E-state index contributed by atoms with van der Waals surface area (Å²) in [6.45, 7) is 0. The predicted molar refractivity (Wildman–Crippen MR) is 83.6 cm³/mol. The highest BCUT2D eigenvalue weighted by Gasteiger charge is 2.29. The molecule has 0 saturated carbocycles. The Morgan fingerprint density at radius 3 is 2.80 bits per heavy atom. The number of anilines is 1. The highest BCUT2D eigenvalue weighted by molar-refractivity contribution is 9.10. The molecule has 0 amide bonds. The van der Waals surface area contributed by atoms with Gasteiger partial charge in [-0.3, -0.25) is 9.79 Å². The molecule has 3 nitrogen and oxygen atoms in total. The number of nitrogens with zero attached hydrogens (tertiary/aromatic N) is 1. The Morgan fingerprint density at radius 2 is 1.90 bits per heavy atom. The third-order valence-corrected chi connectivity index (χ3v) is 4.00. The number of nitrogens with one attached hydrogen (secondary N) is 1. The molecule has 0 bridgehead atoms. The van der Waals surface area contributed by atoms with Gasteiger partial charge in [-0.2, -0.15) is 0 Å². The molecule has 4 heteroatoms. The molecule has 0 fully saturated rings. The number of rotatable bonds is 0. The van der Waals surface area contributed by atoms with Gasteiger partial charge in [0.05, 0.1) is 11.4 Å². The number of allylic oxidation sites excluding steroid dienone is 2. The first-order chi connectivity index (χ1) is 9.74. The average Bonchev–Trinajstić information content (AvgIpc) is 3.01. The van der Waals surface area contributed by atoms with Crippen molar-refractivity contribution < 1.29 is 4.79 Å². The zero-order valence-electron chi connectivity index (χ0n) is 10.4. The third kappa shape index (κ3) is 1.58. The minimum atomic E-state index is 0.0134. The summed E-state index contributed by atoms with van der Waals surface area (Å²) in [5.74, 6) is 0.0134. The van der Waals surface area contributed by atoms with Crippen molar-refractivity contribution in [2.45, 2.75) is 0 Å². The summed E-state index contributed by atoms with van der Waals surface area (Å²) >= 11 is 3.40. The van der Waals surface area contributed by atoms with Gasteiger partial charge >= 0.3 is 0 Å². The first-order valence-electron chi connectivity index (χ1n) is 6.23. The monoisotopic (exact) mass is 324 g/mol. The van der Waals surface area contributed by atoms with E-state index in [1.165, 1.54) is 0 Å². The van der Waals surface area contributed by atoms with Gasteiger partial charge in [0.15, 0.2) is 0 Å². The van der Waals surface area contributed by atoms with Crippen molar-refractivity contribution >= 4 is 44.9 Å². The normalized spacial score (nSPS) is 18.9. The van der Waals surface area contributed by atoms with Crippen molar-refractivity contribution in [3.63, 3.8) is 0 Å². The number of hydrogen-bond acceptors (Lipinski definition) is 3. The Bertz CT molecular complexity index is 821. The number of ketones is 1. The predicted octanol–water partition coefficient (Wildman–Crippen LogP) is 4.18. The Kier molecular flexibility index (Phi) is 2.41. The molecule has 0 atom stereocenters. The van der Waals surface area contributed by atoms with Crippen LogP contribution in [-0.4, -0.2) is 12.0 Å². The second kappa shape index (κ2) is 4.15. The average molecular weight is 325 g/mol. The summed E-state index contributed by atoms with van der Waals surface area (Å²) in [6, 6.07) is 13.5. The number of Topliss-reactive ketones (excluding diaryl/α,β-unsaturated/α-hetero) is 1. The highest BCUT2D eigenvalue weighted by Crippen LogP contribution is 2.38. The molecule has 1 N–H and O–H groups in total. The molecule has 2 heterocycles. The van der Waals surface area contributed by atoms with E-state index < -0.39 is 0 Å². The van der Waals surface area contributed by atoms with Crippen molar-refractivity contribution in [1.82, 2.24) is 0 Å². The molecule has 20 heavy (non-hydrogen) atoms. The molecule has 96 valence electrons. The van der Waals surface area contributed by atoms with Crippen LogP contribution in [0.25, 0.3) is 5.57 Å². The zero-order chi connectivity index (χ0) is 13.7. The lowest BCUT2D eigenvalue weighted by Gasteiger charge is -2.03. The lowest BCUT2D eigenvalue weighted by molar-refractivity contribution is 0.104. The highest BCUT2D eigenvalue weighted by atomic mass is 79.9. The minimum absolute atomic E-state index is 0.0134. The van der Waals surface area contributed by atoms with E-state index in [1.807, 2.05) is 42.5 Å². The third-order valence-electron chi connectivity index (χ3n) is 3.51. The van der Waals surface area contributed by atoms with E-state index >= 15 is 0 Å². The van der Waals surface area contributed by atoms with Gasteiger partial charge in [-0.05, 0) is 24.3 Å². The van der Waals surface area contributed by atoms with Crippen LogP contribution in [0.3, 0.4) is 0 Å². The number of benzene rings is 2. The number of halogens is 1. The zero-order valence-corrected chi connectivity index (χ0v) is 11.9. The fourth-order valence-corrected chi connectivity index (χ4v) is 2.91. The molecule has 2 aromatic carbocycles. The maximum atomic E-state index is 12.5. The molecular formula is C16H9BrN2O. The number of fused-ring (bicyclic) bond motifs is 2. The minimum Gasteiger partial charge on any atom is -0.351 e. The Balaban J connectivity index is 1.89. The molecule has 0 radical (unpaired) electrons. The molecule has 2 aromatic rings. The van der Waals surface area contributed by atoms with Crippen LogP contribution in [0.15, 0.2) is 57.6 Å². The first kappa shape index (κ1) is 11.6. The summed E-state index contributed by atoms with van der Waals surface area (Å²) in [5.41, 5.74) is 4.90. The molecule has 0 aliphatic carbocycles. The molecule has 4 rings (SSSR count). The van der Waals surface area contributed by atoms with Gasteiger partial charge in [0.25, 0.3) is 0 Å². The van der Waals surface area contributed by atoms with Gasteiger partial charge in [-0.25, -0.2) is 0 Å². The summed E-state index contributed by atoms with van der Waals surface area (Å²) < 4.78 is 0.901. The van der Waals surface area contributed by atoms with Gasteiger partial charge in [0.1, 0.15) is 0 Å². The van der Waals surface area contributed by atoms with E-state index in [9.17, 15) is 4.79 Å². The molecule has 0 unspecified atom stereocenters. The standard InChI is InChI=1S/C16H9BrN2O/c17-9-5-6-14-11(7-9)16(20)15(19-14)12-8-18-13-4-2-1-3-10(12)13/h1-8,19H/b15-12-. The van der Waals surface area contributed by atoms with Crippen LogP contribution in [0, 0.1) is 0 Å². The number of carbonyl (C=O) groups is 1. The van der Waals surface area contributed by atoms with Crippen LogP contribution in [-0.2, 0) is 0 Å². The van der Waals surface area contributed by atoms with Crippen LogP contribution in [0.4, 0.5) is 11.4 Å². The quantitative estimate of drug-likeness (QED) is 0.738. The van der Waals surface area contributed by atoms with E-state index in [2.05, 4.69) is 26.2 Å². The Hall–Kier alpha value is -2.20. The molecule has 0 spiro atoms. The molecule has 2 aliphatic heterocycles. The SMILES string of the molecule is O=C1/C(=C2\C=Nc3ccccc32)Nc2ccc(Br)cc21. The van der Waals surface area contributed by atoms with E-state index in [1.54, 1.807) is 6.21 Å². The second-order valence-corrected chi connectivity index (χ2v) is 5.62. The van der Waals surface area contributed by atoms with E-state index in [0.29, 0.717) is 11.3 Å². The fourth-order valence-electron chi connectivity index (χ4n) is 2.55. The van der Waals surface area contributed by atoms with Crippen LogP contribution < -0.4 is 5.32 Å². The van der Waals surface area contributed by atoms with E-state index in [0.717, 1.165) is 27.0 Å². The van der Waals surface area contributed by atoms with Crippen molar-refractivity contribution in [3.05, 3.63) is 63.8 Å². The Labute approximate surface area is 124 Å². The Morgan fingerprint density at radius 1 is 1.05 bits per heavy atom. The van der Waals surface area contributed by atoms with Crippen LogP contribution in [0.2, 0.25) is 0 Å².